The Kier molecular flexibility index (Phi) is 12.0. The number of carbonyl (C=O) groups is 4. The number of unbranched alkanes of at least 4 members (excludes halogenated alkanes) is 3. The SMILES string of the molecule is CCCCCC=CCC1(OC(C)=O)C=CC(=O)C1=CC=CC(CCC(=O)OC)OC(C)=O. The fourth-order valence-corrected chi connectivity index (χ4v) is 3.32. The highest BCUT2D eigenvalue weighted by Crippen LogP contribution is 2.34. The second-order valence-electron chi connectivity index (χ2n) is 7.58. The van der Waals surface area contributed by atoms with E-state index in [2.05, 4.69) is 11.7 Å². The van der Waals surface area contributed by atoms with E-state index in [-0.39, 0.29) is 18.6 Å². The molecule has 0 aromatic carbocycles. The van der Waals surface area contributed by atoms with Crippen LogP contribution >= 0.6 is 0 Å². The molecule has 176 valence electrons. The van der Waals surface area contributed by atoms with Crippen molar-refractivity contribution in [2.45, 2.75) is 77.4 Å². The highest BCUT2D eigenvalue weighted by Gasteiger charge is 2.41. The summed E-state index contributed by atoms with van der Waals surface area (Å²) in [5, 5.41) is 0. The standard InChI is InChI=1S/C25H34O7/c1-5-6-7-8-9-10-17-25(32-20(3)27)18-16-23(28)22(25)13-11-12-21(31-19(2)26)14-15-24(29)30-4/h9-13,16,18,21H,5-8,14-15,17H2,1-4H3. The number of ether oxygens (including phenoxy) is 3. The van der Waals surface area contributed by atoms with Gasteiger partial charge in [-0.25, -0.2) is 0 Å². The van der Waals surface area contributed by atoms with Gasteiger partial charge in [-0.2, -0.15) is 0 Å². The van der Waals surface area contributed by atoms with Crippen molar-refractivity contribution in [3.05, 3.63) is 48.1 Å². The second kappa shape index (κ2) is 14.2. The Morgan fingerprint density at radius 2 is 1.88 bits per heavy atom. The van der Waals surface area contributed by atoms with E-state index >= 15 is 0 Å². The molecule has 1 rings (SSSR count). The Balaban J connectivity index is 3.02. The lowest BCUT2D eigenvalue weighted by Crippen LogP contribution is -2.33. The monoisotopic (exact) mass is 446 g/mol. The fraction of sp³-hybridized carbons (Fsp3) is 0.520. The van der Waals surface area contributed by atoms with E-state index in [1.807, 2.05) is 12.2 Å². The first-order chi connectivity index (χ1) is 15.2. The molecule has 1 aliphatic rings. The fourth-order valence-electron chi connectivity index (χ4n) is 3.32. The van der Waals surface area contributed by atoms with Crippen LogP contribution in [0.1, 0.15) is 65.7 Å². The number of carbonyl (C=O) groups excluding carboxylic acids is 4. The van der Waals surface area contributed by atoms with Gasteiger partial charge in [0.05, 0.1) is 7.11 Å². The molecule has 2 unspecified atom stereocenters. The molecule has 0 saturated heterocycles. The minimum absolute atomic E-state index is 0.0794. The highest BCUT2D eigenvalue weighted by atomic mass is 16.6. The van der Waals surface area contributed by atoms with Gasteiger partial charge in [-0.15, -0.1) is 0 Å². The van der Waals surface area contributed by atoms with Crippen LogP contribution < -0.4 is 0 Å². The van der Waals surface area contributed by atoms with Crippen molar-refractivity contribution in [3.63, 3.8) is 0 Å². The zero-order chi connectivity index (χ0) is 24.0. The molecule has 0 fully saturated rings. The smallest absolute Gasteiger partial charge is 0.305 e. The summed E-state index contributed by atoms with van der Waals surface area (Å²) in [6, 6.07) is 0. The molecule has 0 radical (unpaired) electrons. The first-order valence-electron chi connectivity index (χ1n) is 10.9. The van der Waals surface area contributed by atoms with Crippen molar-refractivity contribution in [2.24, 2.45) is 0 Å². The maximum atomic E-state index is 12.5. The first-order valence-corrected chi connectivity index (χ1v) is 10.9. The molecule has 32 heavy (non-hydrogen) atoms. The number of hydrogen-bond acceptors (Lipinski definition) is 7. The molecular formula is C25H34O7. The quantitative estimate of drug-likeness (QED) is 0.137. The van der Waals surface area contributed by atoms with E-state index in [0.717, 1.165) is 25.7 Å². The minimum Gasteiger partial charge on any atom is -0.469 e. The Labute approximate surface area is 190 Å². The maximum absolute atomic E-state index is 12.5. The van der Waals surface area contributed by atoms with Crippen LogP contribution in [0.2, 0.25) is 0 Å². The third kappa shape index (κ3) is 9.45. The van der Waals surface area contributed by atoms with Crippen LogP contribution in [0, 0.1) is 0 Å². The molecule has 0 heterocycles. The third-order valence-electron chi connectivity index (χ3n) is 4.88. The van der Waals surface area contributed by atoms with Gasteiger partial charge in [-0.05, 0) is 37.5 Å². The summed E-state index contributed by atoms with van der Waals surface area (Å²) < 4.78 is 15.4. The van der Waals surface area contributed by atoms with Crippen molar-refractivity contribution in [1.82, 2.24) is 0 Å². The summed E-state index contributed by atoms with van der Waals surface area (Å²) in [7, 11) is 1.29. The maximum Gasteiger partial charge on any atom is 0.305 e. The molecule has 0 aromatic rings. The van der Waals surface area contributed by atoms with Gasteiger partial charge >= 0.3 is 17.9 Å². The molecule has 0 aliphatic heterocycles. The van der Waals surface area contributed by atoms with Crippen molar-refractivity contribution in [2.75, 3.05) is 7.11 Å². The topological polar surface area (TPSA) is 96.0 Å². The normalized spacial score (nSPS) is 20.2. The van der Waals surface area contributed by atoms with Gasteiger partial charge in [0.25, 0.3) is 0 Å². The van der Waals surface area contributed by atoms with Gasteiger partial charge in [0, 0.05) is 32.3 Å². The van der Waals surface area contributed by atoms with Gasteiger partial charge in [0.1, 0.15) is 6.10 Å². The van der Waals surface area contributed by atoms with Crippen LogP contribution in [-0.2, 0) is 33.4 Å². The lowest BCUT2D eigenvalue weighted by atomic mass is 9.91. The van der Waals surface area contributed by atoms with Crippen molar-refractivity contribution in [3.8, 4) is 0 Å². The molecule has 0 aromatic heterocycles. The molecule has 0 N–H and O–H groups in total. The zero-order valence-corrected chi connectivity index (χ0v) is 19.4. The summed E-state index contributed by atoms with van der Waals surface area (Å²) in [5.74, 6) is -1.65. The number of methoxy groups -OCH3 is 1. The predicted octanol–water partition coefficient (Wildman–Crippen LogP) is 4.32. The van der Waals surface area contributed by atoms with Gasteiger partial charge < -0.3 is 14.2 Å². The average molecular weight is 447 g/mol. The van der Waals surface area contributed by atoms with Crippen LogP contribution in [0.25, 0.3) is 0 Å². The van der Waals surface area contributed by atoms with E-state index in [4.69, 9.17) is 9.47 Å². The summed E-state index contributed by atoms with van der Waals surface area (Å²) in [6.45, 7) is 4.72. The number of rotatable bonds is 13. The van der Waals surface area contributed by atoms with Crippen molar-refractivity contribution in [1.29, 1.82) is 0 Å². The lowest BCUT2D eigenvalue weighted by molar-refractivity contribution is -0.149. The molecule has 0 bridgehead atoms. The van der Waals surface area contributed by atoms with E-state index < -0.39 is 29.6 Å². The summed E-state index contributed by atoms with van der Waals surface area (Å²) in [5.41, 5.74) is -0.853. The molecular weight excluding hydrogens is 412 g/mol. The Hall–Kier alpha value is -2.96. The van der Waals surface area contributed by atoms with Gasteiger partial charge in [-0.1, -0.05) is 44.1 Å². The van der Waals surface area contributed by atoms with Crippen LogP contribution in [0.4, 0.5) is 0 Å². The Bertz CT molecular complexity index is 788. The van der Waals surface area contributed by atoms with Crippen molar-refractivity contribution < 1.29 is 33.4 Å². The number of ketones is 1. The molecule has 7 nitrogen and oxygen atoms in total. The zero-order valence-electron chi connectivity index (χ0n) is 19.4. The molecule has 7 heteroatoms. The number of allylic oxidation sites excluding steroid dienone is 4. The highest BCUT2D eigenvalue weighted by molar-refractivity contribution is 6.09. The first kappa shape index (κ1) is 27.1. The third-order valence-corrected chi connectivity index (χ3v) is 4.88. The second-order valence-corrected chi connectivity index (χ2v) is 7.58. The van der Waals surface area contributed by atoms with Crippen molar-refractivity contribution >= 4 is 23.7 Å². The largest absolute Gasteiger partial charge is 0.469 e. The van der Waals surface area contributed by atoms with Gasteiger partial charge in [0.2, 0.25) is 0 Å². The van der Waals surface area contributed by atoms with Gasteiger partial charge in [0.15, 0.2) is 11.4 Å². The molecule has 0 spiro atoms. The van der Waals surface area contributed by atoms with Crippen LogP contribution in [0.15, 0.2) is 48.1 Å². The Morgan fingerprint density at radius 1 is 1.12 bits per heavy atom. The van der Waals surface area contributed by atoms with E-state index in [1.54, 1.807) is 24.3 Å². The predicted molar refractivity (Wildman–Crippen MR) is 121 cm³/mol. The molecule has 0 saturated carbocycles. The van der Waals surface area contributed by atoms with E-state index in [1.165, 1.54) is 27.0 Å². The lowest BCUT2D eigenvalue weighted by Gasteiger charge is -2.27. The van der Waals surface area contributed by atoms with Gasteiger partial charge in [-0.3, -0.25) is 19.2 Å². The molecule has 0 amide bonds. The van der Waals surface area contributed by atoms with Crippen LogP contribution in [-0.4, -0.2) is 42.5 Å². The van der Waals surface area contributed by atoms with E-state index in [0.29, 0.717) is 12.0 Å². The number of hydrogen-bond donors (Lipinski definition) is 0. The average Bonchev–Trinajstić information content (AvgIpc) is 3.03. The summed E-state index contributed by atoms with van der Waals surface area (Å²) >= 11 is 0. The minimum atomic E-state index is -1.17. The van der Waals surface area contributed by atoms with Crippen LogP contribution in [0.5, 0.6) is 0 Å². The summed E-state index contributed by atoms with van der Waals surface area (Å²) in [6.07, 6.45) is 16.0. The molecule has 2 atom stereocenters. The van der Waals surface area contributed by atoms with E-state index in [9.17, 15) is 19.2 Å². The summed E-state index contributed by atoms with van der Waals surface area (Å²) in [4.78, 5) is 47.0. The Morgan fingerprint density at radius 3 is 2.50 bits per heavy atom. The van der Waals surface area contributed by atoms with Crippen LogP contribution in [0.3, 0.4) is 0 Å². The number of esters is 3. The molecule has 1 aliphatic carbocycles.